The number of methoxy groups -OCH3 is 1. The molecule has 1 fully saturated rings. The maximum absolute atomic E-state index is 6.11. The summed E-state index contributed by atoms with van der Waals surface area (Å²) in [6, 6.07) is 10.7. The van der Waals surface area contributed by atoms with Crippen molar-refractivity contribution >= 4 is 29.9 Å². The molecular weight excluding hydrogens is 491 g/mol. The Morgan fingerprint density at radius 2 is 1.87 bits per heavy atom. The second kappa shape index (κ2) is 15.0. The number of halogens is 1. The third-order valence-electron chi connectivity index (χ3n) is 5.27. The molecule has 1 aliphatic heterocycles. The van der Waals surface area contributed by atoms with E-state index in [-0.39, 0.29) is 29.6 Å². The number of benzene rings is 1. The molecule has 0 radical (unpaired) electrons. The number of hydrogen-bond acceptors (Lipinski definition) is 4. The Balaban J connectivity index is 0.00000450. The molecular formula is C23H41IN4O2. The van der Waals surface area contributed by atoms with Gasteiger partial charge in [-0.1, -0.05) is 30.3 Å². The highest BCUT2D eigenvalue weighted by atomic mass is 127. The number of likely N-dealkylation sites (tertiary alicyclic amines) is 1. The standard InChI is InChI=1S/C23H40N4O2.HI/c1-5-24-22(26-19-23(2,3)28-4)25-14-9-17-29-21-12-15-27(16-13-21)18-20-10-7-6-8-11-20;/h6-8,10-11,21H,5,9,12-19H2,1-4H3,(H2,24,25,26);1H. The SMILES string of the molecule is CCNC(=NCC(C)(C)OC)NCCCOC1CCN(Cc2ccccc2)CC1.I. The smallest absolute Gasteiger partial charge is 0.191 e. The van der Waals surface area contributed by atoms with Gasteiger partial charge in [0.15, 0.2) is 5.96 Å². The first kappa shape index (κ1) is 27.1. The van der Waals surface area contributed by atoms with Crippen LogP contribution in [0, 0.1) is 0 Å². The number of hydrogen-bond donors (Lipinski definition) is 2. The predicted octanol–water partition coefficient (Wildman–Crippen LogP) is 3.66. The molecule has 0 aliphatic carbocycles. The van der Waals surface area contributed by atoms with Gasteiger partial charge >= 0.3 is 0 Å². The van der Waals surface area contributed by atoms with Crippen molar-refractivity contribution in [3.63, 3.8) is 0 Å². The minimum atomic E-state index is -0.249. The molecule has 6 nitrogen and oxygen atoms in total. The Labute approximate surface area is 200 Å². The highest BCUT2D eigenvalue weighted by Gasteiger charge is 2.19. The molecule has 30 heavy (non-hydrogen) atoms. The van der Waals surface area contributed by atoms with Crippen molar-refractivity contribution in [2.24, 2.45) is 4.99 Å². The van der Waals surface area contributed by atoms with E-state index in [1.54, 1.807) is 7.11 Å². The predicted molar refractivity (Wildman–Crippen MR) is 136 cm³/mol. The van der Waals surface area contributed by atoms with Crippen molar-refractivity contribution in [3.05, 3.63) is 35.9 Å². The number of ether oxygens (including phenoxy) is 2. The Morgan fingerprint density at radius 3 is 2.50 bits per heavy atom. The van der Waals surface area contributed by atoms with Crippen LogP contribution in [0.1, 0.15) is 45.6 Å². The molecule has 1 heterocycles. The van der Waals surface area contributed by atoms with Crippen LogP contribution in [0.25, 0.3) is 0 Å². The number of guanidine groups is 1. The Kier molecular flexibility index (Phi) is 13.6. The maximum atomic E-state index is 6.11. The van der Waals surface area contributed by atoms with E-state index in [1.165, 1.54) is 5.56 Å². The van der Waals surface area contributed by atoms with Crippen LogP contribution in [0.3, 0.4) is 0 Å². The first-order valence-electron chi connectivity index (χ1n) is 11.0. The maximum Gasteiger partial charge on any atom is 0.191 e. The molecule has 1 aromatic rings. The van der Waals surface area contributed by atoms with Crippen LogP contribution in [0.15, 0.2) is 35.3 Å². The molecule has 0 spiro atoms. The van der Waals surface area contributed by atoms with Crippen LogP contribution in [0.2, 0.25) is 0 Å². The van der Waals surface area contributed by atoms with Crippen LogP contribution in [0.4, 0.5) is 0 Å². The van der Waals surface area contributed by atoms with Crippen molar-refractivity contribution < 1.29 is 9.47 Å². The third kappa shape index (κ3) is 10.9. The number of piperidine rings is 1. The summed E-state index contributed by atoms with van der Waals surface area (Å²) in [5, 5.41) is 6.67. The molecule has 0 unspecified atom stereocenters. The number of nitrogens with one attached hydrogen (secondary N) is 2. The zero-order valence-electron chi connectivity index (χ0n) is 19.2. The largest absolute Gasteiger partial charge is 0.378 e. The number of rotatable bonds is 11. The first-order chi connectivity index (χ1) is 14.0. The summed E-state index contributed by atoms with van der Waals surface area (Å²) in [4.78, 5) is 7.13. The summed E-state index contributed by atoms with van der Waals surface area (Å²) in [5.41, 5.74) is 1.14. The molecule has 1 aliphatic rings. The van der Waals surface area contributed by atoms with E-state index >= 15 is 0 Å². The molecule has 2 N–H and O–H groups in total. The molecule has 0 amide bonds. The van der Waals surface area contributed by atoms with Crippen LogP contribution < -0.4 is 10.6 Å². The fraction of sp³-hybridized carbons (Fsp3) is 0.696. The summed E-state index contributed by atoms with van der Waals surface area (Å²) in [6.07, 6.45) is 3.61. The van der Waals surface area contributed by atoms with Crippen molar-refractivity contribution in [3.8, 4) is 0 Å². The zero-order chi connectivity index (χ0) is 21.0. The lowest BCUT2D eigenvalue weighted by Gasteiger charge is -2.32. The van der Waals surface area contributed by atoms with Crippen molar-refractivity contribution in [2.45, 2.75) is 58.3 Å². The summed E-state index contributed by atoms with van der Waals surface area (Å²) in [7, 11) is 1.72. The lowest BCUT2D eigenvalue weighted by atomic mass is 10.1. The third-order valence-corrected chi connectivity index (χ3v) is 5.27. The van der Waals surface area contributed by atoms with E-state index in [1.807, 2.05) is 13.8 Å². The van der Waals surface area contributed by atoms with Crippen molar-refractivity contribution in [1.29, 1.82) is 0 Å². The number of aliphatic imine (C=N–C) groups is 1. The van der Waals surface area contributed by atoms with E-state index in [9.17, 15) is 0 Å². The van der Waals surface area contributed by atoms with Gasteiger partial charge in [0.2, 0.25) is 0 Å². The first-order valence-corrected chi connectivity index (χ1v) is 11.0. The molecule has 7 heteroatoms. The van der Waals surface area contributed by atoms with Gasteiger partial charge in [0.1, 0.15) is 0 Å². The van der Waals surface area contributed by atoms with Crippen LogP contribution in [-0.2, 0) is 16.0 Å². The average Bonchev–Trinajstić information content (AvgIpc) is 2.73. The van der Waals surface area contributed by atoms with Gasteiger partial charge in [-0.05, 0) is 45.6 Å². The van der Waals surface area contributed by atoms with Gasteiger partial charge in [-0.2, -0.15) is 0 Å². The lowest BCUT2D eigenvalue weighted by Crippen LogP contribution is -2.40. The molecule has 1 aromatic carbocycles. The molecule has 2 rings (SSSR count). The highest BCUT2D eigenvalue weighted by Crippen LogP contribution is 2.16. The summed E-state index contributed by atoms with van der Waals surface area (Å²) in [6.45, 7) is 12.5. The Morgan fingerprint density at radius 1 is 1.17 bits per heavy atom. The second-order valence-corrected chi connectivity index (χ2v) is 8.27. The second-order valence-electron chi connectivity index (χ2n) is 8.27. The lowest BCUT2D eigenvalue weighted by molar-refractivity contribution is 0.00532. The fourth-order valence-corrected chi connectivity index (χ4v) is 3.28. The van der Waals surface area contributed by atoms with E-state index < -0.39 is 0 Å². The zero-order valence-corrected chi connectivity index (χ0v) is 21.5. The average molecular weight is 533 g/mol. The van der Waals surface area contributed by atoms with E-state index in [0.717, 1.165) is 64.6 Å². The minimum absolute atomic E-state index is 0. The quantitative estimate of drug-likeness (QED) is 0.197. The molecule has 0 atom stereocenters. The Hall–Kier alpha value is -0.900. The molecule has 0 bridgehead atoms. The van der Waals surface area contributed by atoms with Crippen LogP contribution in [-0.4, -0.2) is 69.0 Å². The summed E-state index contributed by atoms with van der Waals surface area (Å²) < 4.78 is 11.5. The van der Waals surface area contributed by atoms with Gasteiger partial charge in [-0.15, -0.1) is 24.0 Å². The van der Waals surface area contributed by atoms with Crippen LogP contribution >= 0.6 is 24.0 Å². The monoisotopic (exact) mass is 532 g/mol. The van der Waals surface area contributed by atoms with Gasteiger partial charge in [0.25, 0.3) is 0 Å². The topological polar surface area (TPSA) is 58.1 Å². The van der Waals surface area contributed by atoms with Crippen molar-refractivity contribution in [1.82, 2.24) is 15.5 Å². The van der Waals surface area contributed by atoms with Crippen molar-refractivity contribution in [2.75, 3.05) is 46.4 Å². The normalized spacial score (nSPS) is 16.2. The molecule has 172 valence electrons. The molecule has 1 saturated heterocycles. The minimum Gasteiger partial charge on any atom is -0.378 e. The molecule has 0 saturated carbocycles. The van der Waals surface area contributed by atoms with Crippen LogP contribution in [0.5, 0.6) is 0 Å². The van der Waals surface area contributed by atoms with Gasteiger partial charge < -0.3 is 20.1 Å². The highest BCUT2D eigenvalue weighted by molar-refractivity contribution is 14.0. The summed E-state index contributed by atoms with van der Waals surface area (Å²) >= 11 is 0. The summed E-state index contributed by atoms with van der Waals surface area (Å²) in [5.74, 6) is 0.840. The van der Waals surface area contributed by atoms with Gasteiger partial charge in [0.05, 0.1) is 18.2 Å². The number of nitrogens with zero attached hydrogens (tertiary/aromatic N) is 2. The Bertz CT molecular complexity index is 590. The van der Waals surface area contributed by atoms with E-state index in [0.29, 0.717) is 12.6 Å². The van der Waals surface area contributed by atoms with Gasteiger partial charge in [-0.25, -0.2) is 0 Å². The fourth-order valence-electron chi connectivity index (χ4n) is 3.28. The van der Waals surface area contributed by atoms with E-state index in [2.05, 4.69) is 57.8 Å². The van der Waals surface area contributed by atoms with Gasteiger partial charge in [-0.3, -0.25) is 9.89 Å². The molecule has 0 aromatic heterocycles. The van der Waals surface area contributed by atoms with Gasteiger partial charge in [0, 0.05) is 46.4 Å². The van der Waals surface area contributed by atoms with E-state index in [4.69, 9.17) is 9.47 Å².